The number of benzene rings is 1. The molecule has 0 bridgehead atoms. The van der Waals surface area contributed by atoms with Gasteiger partial charge in [0, 0.05) is 25.9 Å². The van der Waals surface area contributed by atoms with Crippen LogP contribution in [0.2, 0.25) is 0 Å². The van der Waals surface area contributed by atoms with Gasteiger partial charge in [0.1, 0.15) is 6.04 Å². The third kappa shape index (κ3) is 16.9. The Morgan fingerprint density at radius 2 is 1.26 bits per heavy atom. The van der Waals surface area contributed by atoms with E-state index in [-0.39, 0.29) is 24.8 Å². The van der Waals surface area contributed by atoms with Crippen molar-refractivity contribution in [2.75, 3.05) is 19.7 Å². The summed E-state index contributed by atoms with van der Waals surface area (Å²) in [6.07, 6.45) is 26.1. The minimum atomic E-state index is -0.768. The molecule has 1 unspecified atom stereocenters. The first-order chi connectivity index (χ1) is 20.6. The molecule has 0 spiro atoms. The van der Waals surface area contributed by atoms with E-state index in [0.717, 1.165) is 24.8 Å². The van der Waals surface area contributed by atoms with Crippen LogP contribution in [0.1, 0.15) is 147 Å². The summed E-state index contributed by atoms with van der Waals surface area (Å²) < 4.78 is 5.37. The van der Waals surface area contributed by atoms with Gasteiger partial charge in [-0.25, -0.2) is 0 Å². The molecule has 0 aromatic heterocycles. The summed E-state index contributed by atoms with van der Waals surface area (Å²) in [7, 11) is 0. The van der Waals surface area contributed by atoms with Crippen LogP contribution in [0.5, 0.6) is 0 Å². The van der Waals surface area contributed by atoms with Gasteiger partial charge in [-0.05, 0) is 12.0 Å². The lowest BCUT2D eigenvalue weighted by molar-refractivity contribution is -0.151. The van der Waals surface area contributed by atoms with Crippen molar-refractivity contribution in [1.82, 2.24) is 10.2 Å². The number of unbranched alkanes of at least 4 members (excludes halogenated alkanes) is 18. The van der Waals surface area contributed by atoms with E-state index in [0.29, 0.717) is 25.9 Å². The molecule has 1 heterocycles. The Labute approximate surface area is 256 Å². The van der Waals surface area contributed by atoms with Gasteiger partial charge in [0.25, 0.3) is 0 Å². The summed E-state index contributed by atoms with van der Waals surface area (Å²) >= 11 is 0. The van der Waals surface area contributed by atoms with Crippen molar-refractivity contribution in [3.63, 3.8) is 0 Å². The molecule has 1 aromatic carbocycles. The maximum Gasteiger partial charge on any atom is 0.308 e. The standard InChI is InChI=1S/C36H60N2O4/c1-2-3-4-5-6-7-8-9-10-11-12-13-14-15-16-17-18-19-23-26-34(39)38-29-28-37-36(41)33(38)31-35(40)42-30-27-32-24-21-20-22-25-32/h20-22,24-25,33H,2-19,23,26-31H2,1H3,(H,37,41). The molecule has 1 N–H and O–H groups in total. The van der Waals surface area contributed by atoms with E-state index < -0.39 is 12.0 Å². The second-order valence-corrected chi connectivity index (χ2v) is 12.2. The third-order valence-electron chi connectivity index (χ3n) is 8.50. The van der Waals surface area contributed by atoms with E-state index in [1.165, 1.54) is 103 Å². The van der Waals surface area contributed by atoms with Crippen LogP contribution in [0.15, 0.2) is 30.3 Å². The second-order valence-electron chi connectivity index (χ2n) is 12.2. The van der Waals surface area contributed by atoms with Crippen molar-refractivity contribution >= 4 is 17.8 Å². The summed E-state index contributed by atoms with van der Waals surface area (Å²) in [6.45, 7) is 3.43. The number of ether oxygens (including phenoxy) is 1. The SMILES string of the molecule is CCCCCCCCCCCCCCCCCCCCCC(=O)N1CCNC(=O)C1CC(=O)OCCc1ccccc1. The number of nitrogens with one attached hydrogen (secondary N) is 1. The summed E-state index contributed by atoms with van der Waals surface area (Å²) in [5.41, 5.74) is 1.09. The van der Waals surface area contributed by atoms with Crippen LogP contribution in [0.3, 0.4) is 0 Å². The lowest BCUT2D eigenvalue weighted by Gasteiger charge is -2.34. The topological polar surface area (TPSA) is 75.7 Å². The Morgan fingerprint density at radius 3 is 1.79 bits per heavy atom. The fourth-order valence-corrected chi connectivity index (χ4v) is 5.86. The van der Waals surface area contributed by atoms with Crippen LogP contribution >= 0.6 is 0 Å². The van der Waals surface area contributed by atoms with Crippen LogP contribution in [-0.2, 0) is 25.5 Å². The molecule has 2 rings (SSSR count). The number of esters is 1. The highest BCUT2D eigenvalue weighted by Gasteiger charge is 2.34. The van der Waals surface area contributed by atoms with Gasteiger partial charge in [-0.3, -0.25) is 14.4 Å². The van der Waals surface area contributed by atoms with Crippen LogP contribution in [0, 0.1) is 0 Å². The molecule has 1 fully saturated rings. The highest BCUT2D eigenvalue weighted by Crippen LogP contribution is 2.17. The lowest BCUT2D eigenvalue weighted by atomic mass is 10.0. The number of nitrogens with zero attached hydrogens (tertiary/aromatic N) is 1. The second kappa shape index (κ2) is 24.1. The molecule has 1 saturated heterocycles. The molecule has 1 aliphatic heterocycles. The summed E-state index contributed by atoms with van der Waals surface area (Å²) in [6, 6.07) is 9.06. The Balaban J connectivity index is 1.44. The van der Waals surface area contributed by atoms with E-state index in [2.05, 4.69) is 12.2 Å². The van der Waals surface area contributed by atoms with Gasteiger partial charge in [0.05, 0.1) is 13.0 Å². The quantitative estimate of drug-likeness (QED) is 0.0926. The minimum Gasteiger partial charge on any atom is -0.465 e. The molecule has 0 aliphatic carbocycles. The van der Waals surface area contributed by atoms with Crippen LogP contribution in [0.4, 0.5) is 0 Å². The number of hydrogen-bond acceptors (Lipinski definition) is 4. The third-order valence-corrected chi connectivity index (χ3v) is 8.50. The van der Waals surface area contributed by atoms with Crippen molar-refractivity contribution in [3.05, 3.63) is 35.9 Å². The monoisotopic (exact) mass is 584 g/mol. The number of carbonyl (C=O) groups excluding carboxylic acids is 3. The van der Waals surface area contributed by atoms with Gasteiger partial charge >= 0.3 is 5.97 Å². The number of hydrogen-bond donors (Lipinski definition) is 1. The highest BCUT2D eigenvalue weighted by molar-refractivity contribution is 5.91. The van der Waals surface area contributed by atoms with Gasteiger partial charge in [0.2, 0.25) is 11.8 Å². The van der Waals surface area contributed by atoms with E-state index in [4.69, 9.17) is 4.74 Å². The van der Waals surface area contributed by atoms with Crippen LogP contribution < -0.4 is 5.32 Å². The van der Waals surface area contributed by atoms with Crippen molar-refractivity contribution in [1.29, 1.82) is 0 Å². The number of carbonyl (C=O) groups is 3. The fraction of sp³-hybridized carbons (Fsp3) is 0.750. The molecule has 0 saturated carbocycles. The average molecular weight is 585 g/mol. The Kier molecular flexibility index (Phi) is 20.6. The summed E-state index contributed by atoms with van der Waals surface area (Å²) in [5, 5.41) is 2.79. The molecule has 2 amide bonds. The van der Waals surface area contributed by atoms with Gasteiger partial charge in [-0.15, -0.1) is 0 Å². The summed E-state index contributed by atoms with van der Waals surface area (Å²) in [4.78, 5) is 39.4. The first kappa shape index (κ1) is 35.8. The number of rotatable bonds is 25. The molecule has 6 heteroatoms. The first-order valence-electron chi connectivity index (χ1n) is 17.4. The van der Waals surface area contributed by atoms with Gasteiger partial charge in [0.15, 0.2) is 0 Å². The molecule has 1 aromatic rings. The molecule has 42 heavy (non-hydrogen) atoms. The maximum atomic E-state index is 12.9. The predicted octanol–water partition coefficient (Wildman–Crippen LogP) is 8.31. The molecule has 1 aliphatic rings. The Bertz CT molecular complexity index is 844. The highest BCUT2D eigenvalue weighted by atomic mass is 16.5. The van der Waals surface area contributed by atoms with E-state index in [1.54, 1.807) is 4.90 Å². The maximum absolute atomic E-state index is 12.9. The Hall–Kier alpha value is -2.37. The van der Waals surface area contributed by atoms with Crippen LogP contribution in [0.25, 0.3) is 0 Å². The van der Waals surface area contributed by atoms with Crippen molar-refractivity contribution in [2.24, 2.45) is 0 Å². The van der Waals surface area contributed by atoms with Gasteiger partial charge in [-0.2, -0.15) is 0 Å². The molecular weight excluding hydrogens is 524 g/mol. The van der Waals surface area contributed by atoms with Crippen molar-refractivity contribution in [2.45, 2.75) is 154 Å². The van der Waals surface area contributed by atoms with Gasteiger partial charge in [-0.1, -0.05) is 153 Å². The molecular formula is C36H60N2O4. The van der Waals surface area contributed by atoms with E-state index >= 15 is 0 Å². The normalized spacial score (nSPS) is 15.0. The fourth-order valence-electron chi connectivity index (χ4n) is 5.86. The molecule has 238 valence electrons. The van der Waals surface area contributed by atoms with Crippen molar-refractivity contribution < 1.29 is 19.1 Å². The minimum absolute atomic E-state index is 0.0288. The average Bonchev–Trinajstić information content (AvgIpc) is 2.99. The van der Waals surface area contributed by atoms with Crippen molar-refractivity contribution in [3.8, 4) is 0 Å². The summed E-state index contributed by atoms with van der Waals surface area (Å²) in [5.74, 6) is -0.726. The molecule has 6 nitrogen and oxygen atoms in total. The zero-order valence-corrected chi connectivity index (χ0v) is 26.7. The zero-order valence-electron chi connectivity index (χ0n) is 26.7. The number of amides is 2. The molecule has 0 radical (unpaired) electrons. The smallest absolute Gasteiger partial charge is 0.308 e. The lowest BCUT2D eigenvalue weighted by Crippen LogP contribution is -2.57. The van der Waals surface area contributed by atoms with Gasteiger partial charge < -0.3 is 15.0 Å². The number of piperazine rings is 1. The van der Waals surface area contributed by atoms with Crippen LogP contribution in [-0.4, -0.2) is 48.4 Å². The predicted molar refractivity (Wildman–Crippen MR) is 172 cm³/mol. The van der Waals surface area contributed by atoms with E-state index in [1.807, 2.05) is 30.3 Å². The first-order valence-corrected chi connectivity index (χ1v) is 17.4. The molecule has 1 atom stereocenters. The Morgan fingerprint density at radius 1 is 0.762 bits per heavy atom. The zero-order chi connectivity index (χ0) is 30.1. The van der Waals surface area contributed by atoms with E-state index in [9.17, 15) is 14.4 Å². The largest absolute Gasteiger partial charge is 0.465 e.